The molecular weight excluding hydrogens is 170 g/mol. The number of hydrogen-bond acceptors (Lipinski definition) is 2. The first-order chi connectivity index (χ1) is 6.11. The van der Waals surface area contributed by atoms with Crippen molar-refractivity contribution in [2.75, 3.05) is 0 Å². The number of carbonyl (C=O) groups is 2. The Bertz CT molecular complexity index is 215. The van der Waals surface area contributed by atoms with Gasteiger partial charge in [0.25, 0.3) is 0 Å². The molecule has 2 unspecified atom stereocenters. The maximum absolute atomic E-state index is 10.8. The maximum Gasteiger partial charge on any atom is 0.394 e. The van der Waals surface area contributed by atoms with Crippen molar-refractivity contribution in [3.05, 3.63) is 0 Å². The number of amides is 1. The van der Waals surface area contributed by atoms with E-state index in [0.29, 0.717) is 5.92 Å². The zero-order chi connectivity index (χ0) is 9.84. The topological polar surface area (TPSA) is 66.4 Å². The van der Waals surface area contributed by atoms with E-state index in [2.05, 4.69) is 5.32 Å². The minimum Gasteiger partial charge on any atom is -0.474 e. The monoisotopic (exact) mass is 185 g/mol. The molecule has 0 heterocycles. The lowest BCUT2D eigenvalue weighted by molar-refractivity contribution is -0.150. The predicted molar refractivity (Wildman–Crippen MR) is 47.2 cm³/mol. The number of carboxylic acids is 1. The van der Waals surface area contributed by atoms with E-state index >= 15 is 0 Å². The highest BCUT2D eigenvalue weighted by Gasteiger charge is 2.24. The Balaban J connectivity index is 2.42. The van der Waals surface area contributed by atoms with Gasteiger partial charge in [-0.3, -0.25) is 4.79 Å². The summed E-state index contributed by atoms with van der Waals surface area (Å²) in [7, 11) is 0. The molecule has 1 aliphatic rings. The van der Waals surface area contributed by atoms with Crippen LogP contribution in [0.5, 0.6) is 0 Å². The van der Waals surface area contributed by atoms with Crippen LogP contribution in [-0.4, -0.2) is 23.0 Å². The van der Waals surface area contributed by atoms with Crippen molar-refractivity contribution in [1.82, 2.24) is 5.32 Å². The van der Waals surface area contributed by atoms with Gasteiger partial charge in [-0.25, -0.2) is 4.79 Å². The van der Waals surface area contributed by atoms with Crippen molar-refractivity contribution in [2.45, 2.75) is 38.6 Å². The molecule has 13 heavy (non-hydrogen) atoms. The average Bonchev–Trinajstić information content (AvgIpc) is 2.08. The third kappa shape index (κ3) is 2.72. The molecular formula is C9H15NO3. The van der Waals surface area contributed by atoms with Gasteiger partial charge in [0.15, 0.2) is 0 Å². The fourth-order valence-corrected chi connectivity index (χ4v) is 1.76. The summed E-state index contributed by atoms with van der Waals surface area (Å²) in [6.45, 7) is 2.05. The molecule has 0 radical (unpaired) electrons. The quantitative estimate of drug-likeness (QED) is 0.593. The van der Waals surface area contributed by atoms with E-state index in [-0.39, 0.29) is 6.04 Å². The standard InChI is InChI=1S/C9H15NO3/c1-6-4-2-3-5-7(6)10-8(11)9(12)13/h6-7H,2-5H2,1H3,(H,10,11)(H,12,13). The minimum absolute atomic E-state index is 0.0531. The number of nitrogens with one attached hydrogen (secondary N) is 1. The second-order valence-electron chi connectivity index (χ2n) is 3.65. The molecule has 1 amide bonds. The fourth-order valence-electron chi connectivity index (χ4n) is 1.76. The Kier molecular flexibility index (Phi) is 3.28. The highest BCUT2D eigenvalue weighted by atomic mass is 16.4. The van der Waals surface area contributed by atoms with E-state index in [4.69, 9.17) is 5.11 Å². The van der Waals surface area contributed by atoms with Crippen molar-refractivity contribution in [3.63, 3.8) is 0 Å². The van der Waals surface area contributed by atoms with E-state index in [1.165, 1.54) is 6.42 Å². The summed E-state index contributed by atoms with van der Waals surface area (Å²) < 4.78 is 0. The molecule has 1 saturated carbocycles. The maximum atomic E-state index is 10.8. The van der Waals surface area contributed by atoms with Crippen LogP contribution < -0.4 is 5.32 Å². The molecule has 0 bridgehead atoms. The molecule has 0 aromatic rings. The van der Waals surface area contributed by atoms with Crippen molar-refractivity contribution in [2.24, 2.45) is 5.92 Å². The smallest absolute Gasteiger partial charge is 0.394 e. The molecule has 1 aliphatic carbocycles. The highest BCUT2D eigenvalue weighted by Crippen LogP contribution is 2.23. The van der Waals surface area contributed by atoms with E-state index < -0.39 is 11.9 Å². The highest BCUT2D eigenvalue weighted by molar-refractivity contribution is 6.31. The summed E-state index contributed by atoms with van der Waals surface area (Å²) in [5.41, 5.74) is 0. The summed E-state index contributed by atoms with van der Waals surface area (Å²) in [5.74, 6) is -1.87. The molecule has 1 fully saturated rings. The molecule has 4 nitrogen and oxygen atoms in total. The SMILES string of the molecule is CC1CCCCC1NC(=O)C(=O)O. The molecule has 0 spiro atoms. The summed E-state index contributed by atoms with van der Waals surface area (Å²) in [6, 6.07) is 0.0531. The Hall–Kier alpha value is -1.06. The van der Waals surface area contributed by atoms with E-state index in [0.717, 1.165) is 19.3 Å². The normalized spacial score (nSPS) is 28.1. The third-order valence-corrected chi connectivity index (χ3v) is 2.62. The molecule has 1 rings (SSSR count). The predicted octanol–water partition coefficient (Wildman–Crippen LogP) is 0.766. The lowest BCUT2D eigenvalue weighted by Crippen LogP contribution is -2.44. The van der Waals surface area contributed by atoms with Crippen LogP contribution in [0.25, 0.3) is 0 Å². The van der Waals surface area contributed by atoms with Crippen LogP contribution in [0, 0.1) is 5.92 Å². The van der Waals surface area contributed by atoms with Gasteiger partial charge in [-0.05, 0) is 18.8 Å². The first-order valence-corrected chi connectivity index (χ1v) is 4.65. The Morgan fingerprint density at radius 3 is 2.46 bits per heavy atom. The van der Waals surface area contributed by atoms with Gasteiger partial charge >= 0.3 is 11.9 Å². The molecule has 0 aromatic heterocycles. The van der Waals surface area contributed by atoms with Gasteiger partial charge in [-0.15, -0.1) is 0 Å². The van der Waals surface area contributed by atoms with Crippen LogP contribution in [0.4, 0.5) is 0 Å². The zero-order valence-electron chi connectivity index (χ0n) is 7.75. The number of hydrogen-bond donors (Lipinski definition) is 2. The van der Waals surface area contributed by atoms with Gasteiger partial charge in [-0.2, -0.15) is 0 Å². The van der Waals surface area contributed by atoms with Crippen LogP contribution in [0.2, 0.25) is 0 Å². The van der Waals surface area contributed by atoms with Gasteiger partial charge in [-0.1, -0.05) is 19.8 Å². The minimum atomic E-state index is -1.39. The molecule has 0 aromatic carbocycles. The van der Waals surface area contributed by atoms with Crippen LogP contribution >= 0.6 is 0 Å². The molecule has 2 N–H and O–H groups in total. The second-order valence-corrected chi connectivity index (χ2v) is 3.65. The lowest BCUT2D eigenvalue weighted by Gasteiger charge is -2.28. The van der Waals surface area contributed by atoms with Crippen LogP contribution in [0.15, 0.2) is 0 Å². The van der Waals surface area contributed by atoms with Crippen LogP contribution in [-0.2, 0) is 9.59 Å². The van der Waals surface area contributed by atoms with Gasteiger partial charge in [0, 0.05) is 6.04 Å². The molecule has 2 atom stereocenters. The molecule has 0 saturated heterocycles. The fraction of sp³-hybridized carbons (Fsp3) is 0.778. The summed E-state index contributed by atoms with van der Waals surface area (Å²) in [6.07, 6.45) is 4.24. The summed E-state index contributed by atoms with van der Waals surface area (Å²) >= 11 is 0. The Morgan fingerprint density at radius 2 is 1.92 bits per heavy atom. The van der Waals surface area contributed by atoms with Crippen molar-refractivity contribution in [1.29, 1.82) is 0 Å². The van der Waals surface area contributed by atoms with Gasteiger partial charge < -0.3 is 10.4 Å². The van der Waals surface area contributed by atoms with Crippen LogP contribution in [0.1, 0.15) is 32.6 Å². The first kappa shape index (κ1) is 10.0. The largest absolute Gasteiger partial charge is 0.474 e. The van der Waals surface area contributed by atoms with E-state index in [1.807, 2.05) is 6.92 Å². The third-order valence-electron chi connectivity index (χ3n) is 2.62. The summed E-state index contributed by atoms with van der Waals surface area (Å²) in [5, 5.41) is 10.9. The average molecular weight is 185 g/mol. The number of carboxylic acid groups (broad SMARTS) is 1. The van der Waals surface area contributed by atoms with Crippen molar-refractivity contribution >= 4 is 11.9 Å². The lowest BCUT2D eigenvalue weighted by atomic mass is 9.86. The first-order valence-electron chi connectivity index (χ1n) is 4.65. The van der Waals surface area contributed by atoms with E-state index in [1.54, 1.807) is 0 Å². The zero-order valence-corrected chi connectivity index (χ0v) is 7.75. The van der Waals surface area contributed by atoms with Gasteiger partial charge in [0.1, 0.15) is 0 Å². The summed E-state index contributed by atoms with van der Waals surface area (Å²) in [4.78, 5) is 21.1. The number of carbonyl (C=O) groups excluding carboxylic acids is 1. The Labute approximate surface area is 77.3 Å². The Morgan fingerprint density at radius 1 is 1.31 bits per heavy atom. The van der Waals surface area contributed by atoms with Crippen molar-refractivity contribution in [3.8, 4) is 0 Å². The van der Waals surface area contributed by atoms with E-state index in [9.17, 15) is 9.59 Å². The molecule has 0 aliphatic heterocycles. The molecule has 4 heteroatoms. The van der Waals surface area contributed by atoms with Crippen molar-refractivity contribution < 1.29 is 14.7 Å². The van der Waals surface area contributed by atoms with Gasteiger partial charge in [0.05, 0.1) is 0 Å². The number of rotatable bonds is 1. The van der Waals surface area contributed by atoms with Gasteiger partial charge in [0.2, 0.25) is 0 Å². The number of aliphatic carboxylic acids is 1. The second kappa shape index (κ2) is 4.25. The molecule has 74 valence electrons. The van der Waals surface area contributed by atoms with Crippen LogP contribution in [0.3, 0.4) is 0 Å².